The fraction of sp³-hybridized carbons (Fsp3) is 0.200. The number of benzene rings is 1. The lowest BCUT2D eigenvalue weighted by Gasteiger charge is -1.88. The normalized spacial score (nSPS) is 11.3. The van der Waals surface area contributed by atoms with Crippen molar-refractivity contribution < 1.29 is 9.78 Å². The van der Waals surface area contributed by atoms with Crippen molar-refractivity contribution in [2.75, 3.05) is 7.11 Å². The van der Waals surface area contributed by atoms with Gasteiger partial charge in [-0.05, 0) is 24.6 Å². The molecule has 0 fully saturated rings. The molecule has 1 aromatic carbocycles. The first kappa shape index (κ1) is 10.1. The highest BCUT2D eigenvalue weighted by atomic mass is 32.1. The van der Waals surface area contributed by atoms with Gasteiger partial charge in [-0.15, -0.1) is 0 Å². The van der Waals surface area contributed by atoms with E-state index in [1.165, 1.54) is 30.4 Å². The van der Waals surface area contributed by atoms with Crippen molar-refractivity contribution in [1.29, 1.82) is 0 Å². The van der Waals surface area contributed by atoms with Gasteiger partial charge in [-0.2, -0.15) is 9.88 Å². The van der Waals surface area contributed by atoms with Crippen LogP contribution in [-0.2, 0) is 9.78 Å². The molecule has 2 aromatic rings. The third kappa shape index (κ3) is 2.31. The molecule has 0 aliphatic rings. The van der Waals surface area contributed by atoms with Gasteiger partial charge in [-0.25, -0.2) is 4.98 Å². The van der Waals surface area contributed by atoms with Crippen molar-refractivity contribution in [3.8, 4) is 0 Å². The Balaban J connectivity index is 2.30. The predicted molar refractivity (Wildman–Crippen MR) is 60.6 cm³/mol. The minimum atomic E-state index is 0.660. The molecule has 0 saturated heterocycles. The van der Waals surface area contributed by atoms with Crippen LogP contribution in [0.25, 0.3) is 10.2 Å². The number of aromatic nitrogens is 1. The van der Waals surface area contributed by atoms with Crippen LogP contribution in [0.5, 0.6) is 0 Å². The molecule has 1 heterocycles. The number of nitrogens with zero attached hydrogens (tertiary/aromatic N) is 2. The summed E-state index contributed by atoms with van der Waals surface area (Å²) in [5, 5.41) is 0.660. The van der Waals surface area contributed by atoms with Gasteiger partial charge < -0.3 is 4.89 Å². The van der Waals surface area contributed by atoms with Gasteiger partial charge in [-0.1, -0.05) is 17.4 Å². The van der Waals surface area contributed by atoms with Crippen LogP contribution < -0.4 is 0 Å². The lowest BCUT2D eigenvalue weighted by atomic mass is 10.2. The molecule has 0 aliphatic carbocycles. The van der Waals surface area contributed by atoms with Crippen molar-refractivity contribution >= 4 is 33.1 Å². The Morgan fingerprint density at radius 1 is 1.47 bits per heavy atom. The number of aliphatic imine (C=N–C) groups is 1. The van der Waals surface area contributed by atoms with Crippen LogP contribution in [0.2, 0.25) is 0 Å². The van der Waals surface area contributed by atoms with Crippen LogP contribution in [0.1, 0.15) is 5.56 Å². The van der Waals surface area contributed by atoms with Gasteiger partial charge in [0.25, 0.3) is 0 Å². The Morgan fingerprint density at radius 3 is 3.13 bits per heavy atom. The van der Waals surface area contributed by atoms with E-state index in [1.807, 2.05) is 12.1 Å². The smallest absolute Gasteiger partial charge is 0.222 e. The van der Waals surface area contributed by atoms with E-state index in [-0.39, 0.29) is 0 Å². The van der Waals surface area contributed by atoms with E-state index in [0.29, 0.717) is 5.13 Å². The first-order valence-electron chi connectivity index (χ1n) is 4.39. The van der Waals surface area contributed by atoms with Gasteiger partial charge in [0.2, 0.25) is 11.5 Å². The summed E-state index contributed by atoms with van der Waals surface area (Å²) in [6.45, 7) is 2.05. The van der Waals surface area contributed by atoms with Crippen LogP contribution >= 0.6 is 11.3 Å². The molecule has 1 aromatic heterocycles. The van der Waals surface area contributed by atoms with Crippen LogP contribution in [0.4, 0.5) is 5.13 Å². The van der Waals surface area contributed by atoms with E-state index in [0.717, 1.165) is 10.2 Å². The van der Waals surface area contributed by atoms with Gasteiger partial charge in [0, 0.05) is 0 Å². The summed E-state index contributed by atoms with van der Waals surface area (Å²) < 4.78 is 1.12. The Hall–Kier alpha value is -1.46. The van der Waals surface area contributed by atoms with Gasteiger partial charge in [-0.3, -0.25) is 0 Å². The average molecular weight is 222 g/mol. The summed E-state index contributed by atoms with van der Waals surface area (Å²) in [4.78, 5) is 17.2. The van der Waals surface area contributed by atoms with E-state index in [4.69, 9.17) is 0 Å². The van der Waals surface area contributed by atoms with Crippen molar-refractivity contribution in [1.82, 2.24) is 4.98 Å². The molecular formula is C10H10N2O2S. The summed E-state index contributed by atoms with van der Waals surface area (Å²) in [5.41, 5.74) is 2.17. The fourth-order valence-electron chi connectivity index (χ4n) is 1.18. The lowest BCUT2D eigenvalue weighted by molar-refractivity contribution is -0.187. The van der Waals surface area contributed by atoms with Crippen LogP contribution in [0.3, 0.4) is 0 Å². The number of thiazole rings is 1. The molecule has 0 bridgehead atoms. The Morgan fingerprint density at radius 2 is 2.33 bits per heavy atom. The molecule has 0 amide bonds. The molecule has 0 radical (unpaired) electrons. The molecule has 0 N–H and O–H groups in total. The summed E-state index contributed by atoms with van der Waals surface area (Å²) in [5.74, 6) is 0. The SMILES string of the molecule is COOC=Nc1nc2ccc(C)cc2s1. The Bertz CT molecular complexity index is 493. The lowest BCUT2D eigenvalue weighted by Crippen LogP contribution is -1.82. The largest absolute Gasteiger partial charge is 0.325 e. The van der Waals surface area contributed by atoms with Crippen molar-refractivity contribution in [3.05, 3.63) is 23.8 Å². The van der Waals surface area contributed by atoms with Crippen molar-refractivity contribution in [3.63, 3.8) is 0 Å². The van der Waals surface area contributed by atoms with Crippen LogP contribution in [0.15, 0.2) is 23.2 Å². The zero-order valence-electron chi connectivity index (χ0n) is 8.43. The first-order valence-corrected chi connectivity index (χ1v) is 5.20. The molecular weight excluding hydrogens is 212 g/mol. The highest BCUT2D eigenvalue weighted by Gasteiger charge is 2.01. The van der Waals surface area contributed by atoms with E-state index < -0.39 is 0 Å². The van der Waals surface area contributed by atoms with E-state index >= 15 is 0 Å². The maximum atomic E-state index is 4.53. The highest BCUT2D eigenvalue weighted by molar-refractivity contribution is 7.22. The second-order valence-electron chi connectivity index (χ2n) is 2.97. The number of aryl methyl sites for hydroxylation is 1. The van der Waals surface area contributed by atoms with Gasteiger partial charge >= 0.3 is 0 Å². The zero-order chi connectivity index (χ0) is 10.7. The standard InChI is InChI=1S/C10H10N2O2S/c1-7-3-4-8-9(5-7)15-10(12-8)11-6-14-13-2/h3-6H,1-2H3. The second-order valence-corrected chi connectivity index (χ2v) is 3.97. The summed E-state index contributed by atoms with van der Waals surface area (Å²) in [6, 6.07) is 6.10. The second kappa shape index (κ2) is 4.37. The Kier molecular flexibility index (Phi) is 2.94. The molecule has 2 rings (SSSR count). The maximum Gasteiger partial charge on any atom is 0.222 e. The van der Waals surface area contributed by atoms with Crippen LogP contribution in [-0.4, -0.2) is 18.5 Å². The van der Waals surface area contributed by atoms with Crippen molar-refractivity contribution in [2.45, 2.75) is 6.92 Å². The molecule has 0 aliphatic heterocycles. The molecule has 4 nitrogen and oxygen atoms in total. The molecule has 0 saturated carbocycles. The summed E-state index contributed by atoms with van der Waals surface area (Å²) in [7, 11) is 1.42. The molecule has 15 heavy (non-hydrogen) atoms. The zero-order valence-corrected chi connectivity index (χ0v) is 9.25. The molecule has 78 valence electrons. The number of fused-ring (bicyclic) bond motifs is 1. The van der Waals surface area contributed by atoms with E-state index in [1.54, 1.807) is 0 Å². The predicted octanol–water partition coefficient (Wildman–Crippen LogP) is 2.84. The third-order valence-corrected chi connectivity index (χ3v) is 2.76. The number of rotatable bonds is 3. The average Bonchev–Trinajstić information content (AvgIpc) is 2.60. The number of hydrogen-bond donors (Lipinski definition) is 0. The topological polar surface area (TPSA) is 43.7 Å². The monoisotopic (exact) mass is 222 g/mol. The first-order chi connectivity index (χ1) is 7.29. The molecule has 0 unspecified atom stereocenters. The highest BCUT2D eigenvalue weighted by Crippen LogP contribution is 2.28. The minimum Gasteiger partial charge on any atom is -0.325 e. The van der Waals surface area contributed by atoms with E-state index in [2.05, 4.69) is 32.7 Å². The van der Waals surface area contributed by atoms with Gasteiger partial charge in [0.15, 0.2) is 0 Å². The van der Waals surface area contributed by atoms with Crippen molar-refractivity contribution in [2.24, 2.45) is 4.99 Å². The van der Waals surface area contributed by atoms with E-state index in [9.17, 15) is 0 Å². The molecule has 0 spiro atoms. The van der Waals surface area contributed by atoms with Gasteiger partial charge in [0.1, 0.15) is 0 Å². The van der Waals surface area contributed by atoms with Crippen LogP contribution in [0, 0.1) is 6.92 Å². The third-order valence-electron chi connectivity index (χ3n) is 1.84. The minimum absolute atomic E-state index is 0.660. The maximum absolute atomic E-state index is 4.53. The molecule has 5 heteroatoms. The number of hydrogen-bond acceptors (Lipinski definition) is 5. The summed E-state index contributed by atoms with van der Waals surface area (Å²) in [6.07, 6.45) is 1.23. The summed E-state index contributed by atoms with van der Waals surface area (Å²) >= 11 is 1.52. The van der Waals surface area contributed by atoms with Gasteiger partial charge in [0.05, 0.1) is 17.3 Å². The quantitative estimate of drug-likeness (QED) is 0.347. The fourth-order valence-corrected chi connectivity index (χ4v) is 2.08. The Labute approximate surface area is 91.1 Å². The molecule has 0 atom stereocenters.